The summed E-state index contributed by atoms with van der Waals surface area (Å²) >= 11 is 1.77. The largest absolute Gasteiger partial charge is 0.464 e. The van der Waals surface area contributed by atoms with Gasteiger partial charge < -0.3 is 10.1 Å². The van der Waals surface area contributed by atoms with Crippen LogP contribution in [-0.4, -0.2) is 15.0 Å². The summed E-state index contributed by atoms with van der Waals surface area (Å²) in [5.41, 5.74) is 7.27. The minimum Gasteiger partial charge on any atom is -0.464 e. The third kappa shape index (κ3) is 4.67. The summed E-state index contributed by atoms with van der Waals surface area (Å²) in [7, 11) is 0. The van der Waals surface area contributed by atoms with Gasteiger partial charge >= 0.3 is 0 Å². The Kier molecular flexibility index (Phi) is 6.32. The maximum Gasteiger partial charge on any atom is 0.196 e. The Balaban J connectivity index is 1.18. The highest BCUT2D eigenvalue weighted by Gasteiger charge is 2.25. The van der Waals surface area contributed by atoms with Gasteiger partial charge in [0.15, 0.2) is 23.7 Å². The average Bonchev–Trinajstić information content (AvgIpc) is 3.72. The molecule has 1 aliphatic rings. The number of fused-ring (bicyclic) bond motifs is 4. The van der Waals surface area contributed by atoms with Gasteiger partial charge in [-0.1, -0.05) is 127 Å². The molecule has 1 unspecified atom stereocenters. The van der Waals surface area contributed by atoms with Crippen LogP contribution in [-0.2, 0) is 0 Å². The number of nitrogens with zero attached hydrogens (tertiary/aromatic N) is 3. The fourth-order valence-electron chi connectivity index (χ4n) is 6.11. The first-order valence-electron chi connectivity index (χ1n) is 15.2. The maximum atomic E-state index is 6.41. The van der Waals surface area contributed by atoms with Gasteiger partial charge in [-0.3, -0.25) is 0 Å². The fraction of sp³-hybridized carbons (Fsp3) is 0.0250. The van der Waals surface area contributed by atoms with Crippen LogP contribution in [0.5, 0.6) is 5.75 Å². The lowest BCUT2D eigenvalue weighted by Crippen LogP contribution is -2.09. The lowest BCUT2D eigenvalue weighted by atomic mass is 10.0. The lowest BCUT2D eigenvalue weighted by molar-refractivity contribution is 0.260. The van der Waals surface area contributed by atoms with E-state index in [-0.39, 0.29) is 6.23 Å². The third-order valence-electron chi connectivity index (χ3n) is 8.39. The van der Waals surface area contributed by atoms with Crippen LogP contribution in [0.15, 0.2) is 146 Å². The smallest absolute Gasteiger partial charge is 0.196 e. The van der Waals surface area contributed by atoms with E-state index in [4.69, 9.17) is 19.7 Å². The van der Waals surface area contributed by atoms with Crippen LogP contribution in [0.2, 0.25) is 0 Å². The Labute approximate surface area is 269 Å². The quantitative estimate of drug-likeness (QED) is 0.210. The zero-order valence-electron chi connectivity index (χ0n) is 24.6. The zero-order valence-corrected chi connectivity index (χ0v) is 25.4. The first-order valence-corrected chi connectivity index (χ1v) is 16.0. The fourth-order valence-corrected chi connectivity index (χ4v) is 7.26. The molecule has 0 spiro atoms. The topological polar surface area (TPSA) is 59.9 Å². The molecule has 6 heteroatoms. The summed E-state index contributed by atoms with van der Waals surface area (Å²) in [5.74, 6) is 2.76. The molecule has 1 aliphatic heterocycles. The van der Waals surface area contributed by atoms with E-state index in [9.17, 15) is 0 Å². The Morgan fingerprint density at radius 1 is 0.522 bits per heavy atom. The summed E-state index contributed by atoms with van der Waals surface area (Å²) in [4.78, 5) is 15.1. The SMILES string of the molecule is c1ccc(-c2ccc(-c3nc(-c4ccccc4)nc(-c4cccc5sc6cc7c(cc6c45)OC(c4ccccc4)N7)n3)cc2)cc1. The van der Waals surface area contributed by atoms with Crippen molar-refractivity contribution in [3.05, 3.63) is 151 Å². The number of nitrogens with one attached hydrogen (secondary N) is 1. The van der Waals surface area contributed by atoms with Crippen LogP contribution in [0.3, 0.4) is 0 Å². The first-order chi connectivity index (χ1) is 22.8. The van der Waals surface area contributed by atoms with Gasteiger partial charge in [-0.25, -0.2) is 15.0 Å². The molecule has 46 heavy (non-hydrogen) atoms. The van der Waals surface area contributed by atoms with Crippen molar-refractivity contribution in [2.24, 2.45) is 0 Å². The van der Waals surface area contributed by atoms with E-state index >= 15 is 0 Å². The van der Waals surface area contributed by atoms with Crippen LogP contribution in [0.25, 0.3) is 65.5 Å². The Bertz CT molecular complexity index is 2360. The maximum absolute atomic E-state index is 6.41. The second-order valence-electron chi connectivity index (χ2n) is 11.3. The van der Waals surface area contributed by atoms with Gasteiger partial charge in [0.2, 0.25) is 0 Å². The minimum absolute atomic E-state index is 0.216. The van der Waals surface area contributed by atoms with Crippen molar-refractivity contribution in [3.63, 3.8) is 0 Å². The number of hydrogen-bond acceptors (Lipinski definition) is 6. The van der Waals surface area contributed by atoms with Gasteiger partial charge in [-0.15, -0.1) is 11.3 Å². The van der Waals surface area contributed by atoms with Gasteiger partial charge in [-0.05, 0) is 29.3 Å². The van der Waals surface area contributed by atoms with E-state index in [0.717, 1.165) is 50.0 Å². The monoisotopic (exact) mass is 610 g/mol. The molecule has 5 nitrogen and oxygen atoms in total. The van der Waals surface area contributed by atoms with E-state index < -0.39 is 0 Å². The number of aromatic nitrogens is 3. The molecule has 1 atom stereocenters. The number of benzene rings is 6. The van der Waals surface area contributed by atoms with Gasteiger partial charge in [0.25, 0.3) is 0 Å². The van der Waals surface area contributed by atoms with Gasteiger partial charge in [0, 0.05) is 42.4 Å². The number of ether oxygens (including phenoxy) is 1. The second kappa shape index (κ2) is 10.9. The predicted octanol–water partition coefficient (Wildman–Crippen LogP) is 10.4. The van der Waals surface area contributed by atoms with Crippen LogP contribution < -0.4 is 10.1 Å². The molecule has 0 amide bonds. The van der Waals surface area contributed by atoms with Crippen molar-refractivity contribution in [1.82, 2.24) is 15.0 Å². The van der Waals surface area contributed by atoms with Gasteiger partial charge in [-0.2, -0.15) is 0 Å². The average molecular weight is 611 g/mol. The van der Waals surface area contributed by atoms with E-state index in [1.54, 1.807) is 11.3 Å². The van der Waals surface area contributed by atoms with E-state index in [0.29, 0.717) is 17.5 Å². The number of rotatable bonds is 5. The molecule has 218 valence electrons. The highest BCUT2D eigenvalue weighted by atomic mass is 32.1. The number of thiophene rings is 1. The molecule has 1 N–H and O–H groups in total. The normalized spacial score (nSPS) is 13.8. The summed E-state index contributed by atoms with van der Waals surface area (Å²) in [6, 6.07) is 49.9. The van der Waals surface area contributed by atoms with Crippen molar-refractivity contribution < 1.29 is 4.74 Å². The van der Waals surface area contributed by atoms with Gasteiger partial charge in [0.1, 0.15) is 5.75 Å². The second-order valence-corrected chi connectivity index (χ2v) is 12.4. The predicted molar refractivity (Wildman–Crippen MR) is 188 cm³/mol. The van der Waals surface area contributed by atoms with Crippen molar-refractivity contribution >= 4 is 37.2 Å². The van der Waals surface area contributed by atoms with E-state index in [1.165, 1.54) is 15.0 Å². The molecule has 6 aromatic carbocycles. The molecule has 0 saturated heterocycles. The lowest BCUT2D eigenvalue weighted by Gasteiger charge is -2.11. The summed E-state index contributed by atoms with van der Waals surface area (Å²) in [6.07, 6.45) is -0.216. The molecule has 0 aliphatic carbocycles. The van der Waals surface area contributed by atoms with Crippen molar-refractivity contribution in [3.8, 4) is 51.0 Å². The molecule has 2 aromatic heterocycles. The molecule has 8 aromatic rings. The number of anilines is 1. The third-order valence-corrected chi connectivity index (χ3v) is 9.51. The molecule has 0 radical (unpaired) electrons. The Morgan fingerprint density at radius 3 is 1.83 bits per heavy atom. The standard InChI is InChI=1S/C40H26N4OS/c1-4-11-25(12-5-1)26-19-21-28(22-20-26)38-42-37(27-13-6-2-7-14-27)43-39(44-38)30-17-10-18-34-36(30)31-23-33-32(24-35(31)46-34)41-40(45-33)29-15-8-3-9-16-29/h1-24,40-41H. The minimum atomic E-state index is -0.216. The summed E-state index contributed by atoms with van der Waals surface area (Å²) in [6.45, 7) is 0. The van der Waals surface area contributed by atoms with Gasteiger partial charge in [0.05, 0.1) is 5.69 Å². The van der Waals surface area contributed by atoms with E-state index in [1.807, 2.05) is 54.6 Å². The molecular weight excluding hydrogens is 585 g/mol. The summed E-state index contributed by atoms with van der Waals surface area (Å²) in [5, 5.41) is 5.79. The molecule has 0 bridgehead atoms. The van der Waals surface area contributed by atoms with Crippen molar-refractivity contribution in [2.45, 2.75) is 6.23 Å². The molecule has 0 saturated carbocycles. The van der Waals surface area contributed by atoms with Crippen LogP contribution in [0.4, 0.5) is 5.69 Å². The zero-order chi connectivity index (χ0) is 30.5. The van der Waals surface area contributed by atoms with Crippen LogP contribution in [0, 0.1) is 0 Å². The highest BCUT2D eigenvalue weighted by molar-refractivity contribution is 7.26. The molecular formula is C40H26N4OS. The Morgan fingerprint density at radius 2 is 1.11 bits per heavy atom. The molecule has 0 fully saturated rings. The van der Waals surface area contributed by atoms with Crippen LogP contribution in [0.1, 0.15) is 11.8 Å². The first kappa shape index (κ1) is 26.5. The Hall–Kier alpha value is -5.85. The highest BCUT2D eigenvalue weighted by Crippen LogP contribution is 2.47. The summed E-state index contributed by atoms with van der Waals surface area (Å²) < 4.78 is 8.77. The van der Waals surface area contributed by atoms with Crippen molar-refractivity contribution in [1.29, 1.82) is 0 Å². The number of hydrogen-bond donors (Lipinski definition) is 1. The van der Waals surface area contributed by atoms with E-state index in [2.05, 4.69) is 96.3 Å². The van der Waals surface area contributed by atoms with Crippen molar-refractivity contribution in [2.75, 3.05) is 5.32 Å². The molecule has 9 rings (SSSR count). The molecule has 3 heterocycles. The van der Waals surface area contributed by atoms with Crippen LogP contribution >= 0.6 is 11.3 Å².